The summed E-state index contributed by atoms with van der Waals surface area (Å²) in [7, 11) is 0. The number of carboxylic acid groups (broad SMARTS) is 4. The topological polar surface area (TPSA) is 128 Å². The van der Waals surface area contributed by atoms with Gasteiger partial charge in [0.1, 0.15) is 11.2 Å². The molecule has 0 amide bonds. The van der Waals surface area contributed by atoms with Gasteiger partial charge in [0.25, 0.3) is 0 Å². The molecule has 3 rings (SSSR count). The number of fused-ring (bicyclic) bond motifs is 3. The summed E-state index contributed by atoms with van der Waals surface area (Å²) in [6.45, 7) is 0. The van der Waals surface area contributed by atoms with Crippen LogP contribution >= 0.6 is 0 Å². The molecule has 0 aliphatic heterocycles. The number of carbonyl (C=O) groups is 2. The van der Waals surface area contributed by atoms with Crippen molar-refractivity contribution in [3.63, 3.8) is 0 Å². The second kappa shape index (κ2) is 7.39. The van der Waals surface area contributed by atoms with Crippen LogP contribution in [0.1, 0.15) is 0 Å². The van der Waals surface area contributed by atoms with Crippen molar-refractivity contribution in [2.75, 3.05) is 0 Å². The van der Waals surface area contributed by atoms with Crippen LogP contribution in [0, 0.1) is 0 Å². The third-order valence-electron chi connectivity index (χ3n) is 2.28. The Kier molecular flexibility index (Phi) is 5.57. The van der Waals surface area contributed by atoms with Gasteiger partial charge in [-0.15, -0.1) is 0 Å². The first-order valence-electron chi connectivity index (χ1n) is 5.62. The van der Waals surface area contributed by atoms with Crippen molar-refractivity contribution in [2.24, 2.45) is 0 Å². The fourth-order valence-electron chi connectivity index (χ4n) is 1.67. The number of benzene rings is 2. The zero-order valence-corrected chi connectivity index (χ0v) is 10.6. The Morgan fingerprint density at radius 1 is 0.667 bits per heavy atom. The van der Waals surface area contributed by atoms with Crippen molar-refractivity contribution in [3.8, 4) is 0 Å². The molecular formula is C14H12O7. The maximum Gasteiger partial charge on any atom is 0.503 e. The molecule has 7 nitrogen and oxygen atoms in total. The lowest BCUT2D eigenvalue weighted by molar-refractivity contribution is 0.135. The summed E-state index contributed by atoms with van der Waals surface area (Å²) >= 11 is 0. The molecule has 0 saturated heterocycles. The average molecular weight is 292 g/mol. The van der Waals surface area contributed by atoms with E-state index in [2.05, 4.69) is 12.1 Å². The molecule has 0 bridgehead atoms. The molecule has 0 unspecified atom stereocenters. The second-order valence-electron chi connectivity index (χ2n) is 3.66. The molecule has 3 aromatic rings. The average Bonchev–Trinajstić information content (AvgIpc) is 2.76. The first kappa shape index (κ1) is 15.8. The number of rotatable bonds is 0. The molecule has 0 atom stereocenters. The number of hydrogen-bond donors (Lipinski definition) is 4. The van der Waals surface area contributed by atoms with E-state index in [-0.39, 0.29) is 0 Å². The molecular weight excluding hydrogens is 280 g/mol. The fraction of sp³-hybridized carbons (Fsp3) is 0. The van der Waals surface area contributed by atoms with Gasteiger partial charge in [-0.2, -0.15) is 0 Å². The highest BCUT2D eigenvalue weighted by Gasteiger charge is 2.03. The van der Waals surface area contributed by atoms with Gasteiger partial charge >= 0.3 is 12.3 Å². The van der Waals surface area contributed by atoms with Crippen LogP contribution in [0.15, 0.2) is 52.9 Å². The van der Waals surface area contributed by atoms with Crippen molar-refractivity contribution >= 4 is 34.2 Å². The first-order valence-corrected chi connectivity index (χ1v) is 5.62. The fourth-order valence-corrected chi connectivity index (χ4v) is 1.67. The zero-order valence-electron chi connectivity index (χ0n) is 10.6. The Balaban J connectivity index is 0.000000234. The molecule has 1 aromatic heterocycles. The number of furan rings is 1. The van der Waals surface area contributed by atoms with E-state index in [1.165, 1.54) is 10.8 Å². The molecule has 1 heterocycles. The third-order valence-corrected chi connectivity index (χ3v) is 2.28. The molecule has 0 spiro atoms. The smallest absolute Gasteiger partial charge is 0.456 e. The minimum absolute atomic E-state index is 0.962. The minimum atomic E-state index is -1.83. The SMILES string of the molecule is O=C(O)O.O=C(O)O.c1ccc2c(c1)oc1ccccc12. The van der Waals surface area contributed by atoms with E-state index in [1.807, 2.05) is 36.4 Å². The van der Waals surface area contributed by atoms with Crippen molar-refractivity contribution in [1.29, 1.82) is 0 Å². The summed E-state index contributed by atoms with van der Waals surface area (Å²) in [6.07, 6.45) is -3.67. The van der Waals surface area contributed by atoms with Gasteiger partial charge in [-0.1, -0.05) is 36.4 Å². The molecule has 110 valence electrons. The lowest BCUT2D eigenvalue weighted by Gasteiger charge is -1.85. The highest BCUT2D eigenvalue weighted by molar-refractivity contribution is 6.04. The second-order valence-corrected chi connectivity index (χ2v) is 3.66. The Bertz CT molecular complexity index is 675. The normalized spacial score (nSPS) is 9.14. The van der Waals surface area contributed by atoms with Gasteiger partial charge in [-0.3, -0.25) is 0 Å². The largest absolute Gasteiger partial charge is 0.503 e. The molecule has 0 saturated carbocycles. The maximum absolute atomic E-state index is 8.56. The van der Waals surface area contributed by atoms with E-state index in [4.69, 9.17) is 34.4 Å². The minimum Gasteiger partial charge on any atom is -0.456 e. The van der Waals surface area contributed by atoms with Crippen LogP contribution in [0.5, 0.6) is 0 Å². The summed E-state index contributed by atoms with van der Waals surface area (Å²) in [6, 6.07) is 16.2. The maximum atomic E-state index is 8.56. The lowest BCUT2D eigenvalue weighted by Crippen LogP contribution is -1.81. The van der Waals surface area contributed by atoms with Crippen LogP contribution in [0.3, 0.4) is 0 Å². The van der Waals surface area contributed by atoms with Gasteiger partial charge in [0.15, 0.2) is 0 Å². The molecule has 0 fully saturated rings. The van der Waals surface area contributed by atoms with Crippen LogP contribution in [0.25, 0.3) is 21.9 Å². The van der Waals surface area contributed by atoms with Gasteiger partial charge in [0.05, 0.1) is 0 Å². The van der Waals surface area contributed by atoms with Crippen LogP contribution in [0.4, 0.5) is 9.59 Å². The van der Waals surface area contributed by atoms with E-state index in [0.717, 1.165) is 11.2 Å². The first-order chi connectivity index (χ1) is 9.91. The predicted octanol–water partition coefficient (Wildman–Crippen LogP) is 4.03. The lowest BCUT2D eigenvalue weighted by atomic mass is 10.2. The monoisotopic (exact) mass is 292 g/mol. The van der Waals surface area contributed by atoms with Crippen LogP contribution in [-0.4, -0.2) is 32.7 Å². The zero-order chi connectivity index (χ0) is 15.8. The van der Waals surface area contributed by atoms with Gasteiger partial charge in [-0.25, -0.2) is 9.59 Å². The molecule has 7 heteroatoms. The third kappa shape index (κ3) is 5.11. The highest BCUT2D eigenvalue weighted by atomic mass is 16.6. The summed E-state index contributed by atoms with van der Waals surface area (Å²) < 4.78 is 5.65. The van der Waals surface area contributed by atoms with Gasteiger partial charge < -0.3 is 24.8 Å². The van der Waals surface area contributed by atoms with Crippen molar-refractivity contribution in [1.82, 2.24) is 0 Å². The van der Waals surface area contributed by atoms with E-state index < -0.39 is 12.3 Å². The van der Waals surface area contributed by atoms with E-state index in [9.17, 15) is 0 Å². The summed E-state index contributed by atoms with van der Waals surface area (Å²) in [5.74, 6) is 0. The Morgan fingerprint density at radius 3 is 1.29 bits per heavy atom. The van der Waals surface area contributed by atoms with E-state index in [1.54, 1.807) is 0 Å². The standard InChI is InChI=1S/C12H8O.2CH2O3/c1-3-7-11-9(5-1)10-6-2-4-8-12(10)13-11;2*2-1(3)4/h1-8H;2*(H2,2,3,4). The molecule has 2 aromatic carbocycles. The summed E-state index contributed by atoms with van der Waals surface area (Å²) in [5, 5.41) is 30.3. The molecule has 0 aliphatic carbocycles. The van der Waals surface area contributed by atoms with Crippen molar-refractivity contribution in [2.45, 2.75) is 0 Å². The van der Waals surface area contributed by atoms with Crippen LogP contribution < -0.4 is 0 Å². The quantitative estimate of drug-likeness (QED) is 0.492. The summed E-state index contributed by atoms with van der Waals surface area (Å²) in [4.78, 5) is 17.1. The van der Waals surface area contributed by atoms with E-state index in [0.29, 0.717) is 0 Å². The molecule has 0 aliphatic rings. The molecule has 21 heavy (non-hydrogen) atoms. The number of hydrogen-bond acceptors (Lipinski definition) is 3. The van der Waals surface area contributed by atoms with Gasteiger partial charge in [0.2, 0.25) is 0 Å². The van der Waals surface area contributed by atoms with Gasteiger partial charge in [0, 0.05) is 10.8 Å². The Morgan fingerprint density at radius 2 is 0.952 bits per heavy atom. The van der Waals surface area contributed by atoms with E-state index >= 15 is 0 Å². The highest BCUT2D eigenvalue weighted by Crippen LogP contribution is 2.27. The van der Waals surface area contributed by atoms with Crippen LogP contribution in [0.2, 0.25) is 0 Å². The van der Waals surface area contributed by atoms with Crippen LogP contribution in [-0.2, 0) is 0 Å². The van der Waals surface area contributed by atoms with Crippen molar-refractivity contribution < 1.29 is 34.4 Å². The van der Waals surface area contributed by atoms with Gasteiger partial charge in [-0.05, 0) is 12.1 Å². The predicted molar refractivity (Wildman–Crippen MR) is 75.0 cm³/mol. The van der Waals surface area contributed by atoms with Crippen molar-refractivity contribution in [3.05, 3.63) is 48.5 Å². The molecule has 0 radical (unpaired) electrons. The number of para-hydroxylation sites is 2. The Hall–Kier alpha value is -3.22. The Labute approximate surface area is 118 Å². The molecule has 4 N–H and O–H groups in total. The summed E-state index contributed by atoms with van der Waals surface area (Å²) in [5.41, 5.74) is 1.92.